The molecule has 0 aliphatic rings. The highest BCUT2D eigenvalue weighted by atomic mass is 19.3. The molecule has 3 nitrogen and oxygen atoms in total. The number of benzene rings is 1. The zero-order chi connectivity index (χ0) is 12.1. The van der Waals surface area contributed by atoms with Gasteiger partial charge >= 0.3 is 0 Å². The fourth-order valence-corrected chi connectivity index (χ4v) is 1.42. The van der Waals surface area contributed by atoms with Crippen LogP contribution in [0.25, 0.3) is 5.57 Å². The third-order valence-electron chi connectivity index (χ3n) is 2.16. The van der Waals surface area contributed by atoms with E-state index >= 15 is 0 Å². The third kappa shape index (κ3) is 2.30. The van der Waals surface area contributed by atoms with Crippen LogP contribution in [0.5, 0.6) is 11.5 Å². The highest BCUT2D eigenvalue weighted by Gasteiger charge is 2.17. The average molecular weight is 229 g/mol. The molecule has 0 aliphatic heterocycles. The maximum Gasteiger partial charge on any atom is 0.275 e. The standard InChI is InChI=1S/C11H13F2NO2/c1-15-8-4-3-5-9(16-2)10(8)7(6-14)11(12)13/h3-5H,6,14H2,1-2H3. The number of hydrogen-bond donors (Lipinski definition) is 1. The van der Waals surface area contributed by atoms with Crippen LogP contribution >= 0.6 is 0 Å². The van der Waals surface area contributed by atoms with Crippen molar-refractivity contribution in [2.45, 2.75) is 0 Å². The molecule has 5 heteroatoms. The molecular weight excluding hydrogens is 216 g/mol. The molecule has 88 valence electrons. The highest BCUT2D eigenvalue weighted by Crippen LogP contribution is 2.36. The Balaban J connectivity index is 3.44. The summed E-state index contributed by atoms with van der Waals surface area (Å²) in [4.78, 5) is 0. The topological polar surface area (TPSA) is 44.5 Å². The van der Waals surface area contributed by atoms with Gasteiger partial charge in [-0.25, -0.2) is 0 Å². The van der Waals surface area contributed by atoms with Gasteiger partial charge in [0.2, 0.25) is 0 Å². The molecule has 0 heterocycles. The zero-order valence-electron chi connectivity index (χ0n) is 9.09. The number of methoxy groups -OCH3 is 2. The van der Waals surface area contributed by atoms with Crippen molar-refractivity contribution < 1.29 is 18.3 Å². The lowest BCUT2D eigenvalue weighted by Gasteiger charge is -2.13. The van der Waals surface area contributed by atoms with Crippen molar-refractivity contribution in [3.8, 4) is 11.5 Å². The molecule has 1 rings (SSSR count). The fraction of sp³-hybridized carbons (Fsp3) is 0.273. The Kier molecular flexibility index (Phi) is 4.25. The van der Waals surface area contributed by atoms with Gasteiger partial charge in [-0.05, 0) is 12.1 Å². The first-order chi connectivity index (χ1) is 7.65. The number of hydrogen-bond acceptors (Lipinski definition) is 3. The smallest absolute Gasteiger partial charge is 0.275 e. The Hall–Kier alpha value is -1.62. The van der Waals surface area contributed by atoms with E-state index in [9.17, 15) is 8.78 Å². The van der Waals surface area contributed by atoms with Gasteiger partial charge in [0.1, 0.15) is 11.5 Å². The van der Waals surface area contributed by atoms with Crippen LogP contribution in [0.3, 0.4) is 0 Å². The summed E-state index contributed by atoms with van der Waals surface area (Å²) in [5.74, 6) is 0.625. The molecule has 0 aromatic heterocycles. The Morgan fingerprint density at radius 3 is 2.00 bits per heavy atom. The summed E-state index contributed by atoms with van der Waals surface area (Å²) in [6, 6.07) is 4.82. The minimum atomic E-state index is -1.83. The molecule has 0 aliphatic carbocycles. The lowest BCUT2D eigenvalue weighted by atomic mass is 10.0. The molecule has 0 radical (unpaired) electrons. The quantitative estimate of drug-likeness (QED) is 0.861. The molecule has 2 N–H and O–H groups in total. The van der Waals surface area contributed by atoms with Gasteiger partial charge in [-0.2, -0.15) is 8.78 Å². The van der Waals surface area contributed by atoms with Crippen molar-refractivity contribution >= 4 is 5.57 Å². The monoisotopic (exact) mass is 229 g/mol. The molecule has 0 fully saturated rings. The SMILES string of the molecule is COc1cccc(OC)c1C(CN)=C(F)F. The maximum atomic E-state index is 12.7. The van der Waals surface area contributed by atoms with Gasteiger partial charge in [0.05, 0.1) is 19.8 Å². The van der Waals surface area contributed by atoms with Gasteiger partial charge < -0.3 is 15.2 Å². The van der Waals surface area contributed by atoms with Crippen molar-refractivity contribution in [1.82, 2.24) is 0 Å². The van der Waals surface area contributed by atoms with Crippen LogP contribution in [0.1, 0.15) is 5.56 Å². The summed E-state index contributed by atoms with van der Waals surface area (Å²) < 4.78 is 35.4. The van der Waals surface area contributed by atoms with Gasteiger partial charge in [0, 0.05) is 12.1 Å². The lowest BCUT2D eigenvalue weighted by Crippen LogP contribution is -2.06. The van der Waals surface area contributed by atoms with Crippen molar-refractivity contribution in [3.63, 3.8) is 0 Å². The van der Waals surface area contributed by atoms with E-state index in [1.165, 1.54) is 14.2 Å². The van der Waals surface area contributed by atoms with Crippen molar-refractivity contribution in [2.24, 2.45) is 5.73 Å². The Bertz CT molecular complexity index is 379. The van der Waals surface area contributed by atoms with E-state index in [0.717, 1.165) is 0 Å². The number of rotatable bonds is 4. The van der Waals surface area contributed by atoms with Crippen molar-refractivity contribution in [1.29, 1.82) is 0 Å². The molecule has 0 saturated heterocycles. The Morgan fingerprint density at radius 1 is 1.19 bits per heavy atom. The first-order valence-electron chi connectivity index (χ1n) is 4.61. The lowest BCUT2D eigenvalue weighted by molar-refractivity contribution is 0.388. The van der Waals surface area contributed by atoms with Gasteiger partial charge in [-0.15, -0.1) is 0 Å². The fourth-order valence-electron chi connectivity index (χ4n) is 1.42. The first-order valence-corrected chi connectivity index (χ1v) is 4.61. The summed E-state index contributed by atoms with van der Waals surface area (Å²) >= 11 is 0. The van der Waals surface area contributed by atoms with Gasteiger partial charge in [-0.3, -0.25) is 0 Å². The molecule has 16 heavy (non-hydrogen) atoms. The van der Waals surface area contributed by atoms with Crippen LogP contribution in [0, 0.1) is 0 Å². The summed E-state index contributed by atoms with van der Waals surface area (Å²) in [7, 11) is 2.81. The maximum absolute atomic E-state index is 12.7. The van der Waals surface area contributed by atoms with E-state index in [-0.39, 0.29) is 17.7 Å². The van der Waals surface area contributed by atoms with E-state index in [2.05, 4.69) is 0 Å². The Morgan fingerprint density at radius 2 is 1.69 bits per heavy atom. The summed E-state index contributed by atoms with van der Waals surface area (Å²) in [6.45, 7) is -0.279. The Labute approximate surface area is 92.5 Å². The van der Waals surface area contributed by atoms with Crippen LogP contribution in [-0.4, -0.2) is 20.8 Å². The van der Waals surface area contributed by atoms with Crippen LogP contribution in [0.4, 0.5) is 8.78 Å². The normalized spacial score (nSPS) is 9.81. The summed E-state index contributed by atoms with van der Waals surface area (Å²) in [6.07, 6.45) is -1.83. The predicted molar refractivity (Wildman–Crippen MR) is 57.7 cm³/mol. The van der Waals surface area contributed by atoms with E-state index < -0.39 is 6.08 Å². The van der Waals surface area contributed by atoms with Crippen LogP contribution < -0.4 is 15.2 Å². The number of nitrogens with two attached hydrogens (primary N) is 1. The van der Waals surface area contributed by atoms with E-state index in [1.54, 1.807) is 18.2 Å². The molecule has 0 amide bonds. The average Bonchev–Trinajstić information content (AvgIpc) is 2.29. The van der Waals surface area contributed by atoms with Gasteiger partial charge in [-0.1, -0.05) is 6.07 Å². The zero-order valence-corrected chi connectivity index (χ0v) is 9.09. The molecular formula is C11H13F2NO2. The first kappa shape index (κ1) is 12.4. The largest absolute Gasteiger partial charge is 0.496 e. The van der Waals surface area contributed by atoms with Crippen molar-refractivity contribution in [3.05, 3.63) is 29.8 Å². The highest BCUT2D eigenvalue weighted by molar-refractivity contribution is 5.76. The summed E-state index contributed by atoms with van der Waals surface area (Å²) in [5.41, 5.74) is 5.24. The molecule has 1 aromatic rings. The molecule has 0 bridgehead atoms. The van der Waals surface area contributed by atoms with E-state index in [4.69, 9.17) is 15.2 Å². The van der Waals surface area contributed by atoms with Crippen LogP contribution in [0.2, 0.25) is 0 Å². The minimum Gasteiger partial charge on any atom is -0.496 e. The van der Waals surface area contributed by atoms with Gasteiger partial charge in [0.15, 0.2) is 0 Å². The molecule has 0 saturated carbocycles. The second-order valence-corrected chi connectivity index (χ2v) is 2.98. The van der Waals surface area contributed by atoms with Crippen LogP contribution in [0.15, 0.2) is 24.3 Å². The minimum absolute atomic E-state index is 0.204. The number of halogens is 2. The molecule has 1 aromatic carbocycles. The third-order valence-corrected chi connectivity index (χ3v) is 2.16. The van der Waals surface area contributed by atoms with Gasteiger partial charge in [0.25, 0.3) is 6.08 Å². The predicted octanol–water partition coefficient (Wildman–Crippen LogP) is 2.27. The molecule has 0 unspecified atom stereocenters. The molecule has 0 spiro atoms. The number of ether oxygens (including phenoxy) is 2. The van der Waals surface area contributed by atoms with Crippen molar-refractivity contribution in [2.75, 3.05) is 20.8 Å². The van der Waals surface area contributed by atoms with Crippen LogP contribution in [-0.2, 0) is 0 Å². The molecule has 0 atom stereocenters. The van der Waals surface area contributed by atoms with E-state index in [0.29, 0.717) is 11.5 Å². The second kappa shape index (κ2) is 5.46. The second-order valence-electron chi connectivity index (χ2n) is 2.98. The van der Waals surface area contributed by atoms with E-state index in [1.807, 2.05) is 0 Å². The summed E-state index contributed by atoms with van der Waals surface area (Å²) in [5, 5.41) is 0.